The van der Waals surface area contributed by atoms with Gasteiger partial charge in [0.15, 0.2) is 11.5 Å². The Morgan fingerprint density at radius 3 is 2.75 bits per heavy atom. The van der Waals surface area contributed by atoms with Gasteiger partial charge in [-0.3, -0.25) is 4.68 Å². The Kier molecular flexibility index (Phi) is 3.86. The van der Waals surface area contributed by atoms with Crippen molar-refractivity contribution in [1.82, 2.24) is 19.9 Å². The lowest BCUT2D eigenvalue weighted by atomic mass is 10.1. The van der Waals surface area contributed by atoms with Crippen molar-refractivity contribution in [2.45, 2.75) is 39.0 Å². The maximum Gasteiger partial charge on any atom is 0.278 e. The van der Waals surface area contributed by atoms with E-state index in [1.807, 2.05) is 48.9 Å². The van der Waals surface area contributed by atoms with Crippen molar-refractivity contribution in [3.8, 4) is 11.6 Å². The molecule has 2 aromatic heterocycles. The zero-order valence-corrected chi connectivity index (χ0v) is 14.2. The van der Waals surface area contributed by atoms with Gasteiger partial charge in [-0.1, -0.05) is 42.7 Å². The highest BCUT2D eigenvalue weighted by Crippen LogP contribution is 2.29. The van der Waals surface area contributed by atoms with Gasteiger partial charge in [0.1, 0.15) is 6.10 Å². The Bertz CT molecular complexity index is 854. The van der Waals surface area contributed by atoms with Crippen LogP contribution in [-0.2, 0) is 17.9 Å². The number of rotatable bonds is 3. The molecule has 0 bridgehead atoms. The normalized spacial score (nSPS) is 17.2. The second kappa shape index (κ2) is 6.03. The van der Waals surface area contributed by atoms with Crippen LogP contribution in [0.2, 0.25) is 5.02 Å². The summed E-state index contributed by atoms with van der Waals surface area (Å²) < 4.78 is 13.2. The number of aromatic nitrogens is 4. The summed E-state index contributed by atoms with van der Waals surface area (Å²) in [6.45, 7) is 5.18. The number of fused-ring (bicyclic) bond motifs is 1. The van der Waals surface area contributed by atoms with E-state index in [-0.39, 0.29) is 12.0 Å². The molecule has 124 valence electrons. The summed E-state index contributed by atoms with van der Waals surface area (Å²) in [5.41, 5.74) is 2.77. The third-order valence-electron chi connectivity index (χ3n) is 4.05. The van der Waals surface area contributed by atoms with Crippen LogP contribution in [0.3, 0.4) is 0 Å². The summed E-state index contributed by atoms with van der Waals surface area (Å²) in [6.07, 6.45) is -0.0450. The van der Waals surface area contributed by atoms with Crippen molar-refractivity contribution in [3.05, 3.63) is 52.4 Å². The molecular weight excluding hydrogens is 328 g/mol. The first kappa shape index (κ1) is 15.4. The summed E-state index contributed by atoms with van der Waals surface area (Å²) in [5, 5.41) is 9.31. The van der Waals surface area contributed by atoms with Gasteiger partial charge in [0.2, 0.25) is 0 Å². The minimum atomic E-state index is -0.0450. The van der Waals surface area contributed by atoms with Crippen molar-refractivity contribution >= 4 is 11.6 Å². The monoisotopic (exact) mass is 344 g/mol. The fraction of sp³-hybridized carbons (Fsp3) is 0.353. The maximum atomic E-state index is 5.95. The molecule has 0 fully saturated rings. The molecule has 3 aromatic rings. The van der Waals surface area contributed by atoms with Crippen molar-refractivity contribution < 1.29 is 9.26 Å². The number of hydrogen-bond donors (Lipinski definition) is 0. The van der Waals surface area contributed by atoms with E-state index in [0.717, 1.165) is 11.3 Å². The van der Waals surface area contributed by atoms with Gasteiger partial charge < -0.3 is 9.26 Å². The third-order valence-corrected chi connectivity index (χ3v) is 4.31. The molecule has 1 atom stereocenters. The quantitative estimate of drug-likeness (QED) is 0.719. The van der Waals surface area contributed by atoms with Crippen LogP contribution >= 0.6 is 11.6 Å². The largest absolute Gasteiger partial charge is 0.365 e. The molecule has 0 unspecified atom stereocenters. The zero-order valence-electron chi connectivity index (χ0n) is 13.4. The highest BCUT2D eigenvalue weighted by atomic mass is 35.5. The molecular formula is C17H17ClN4O2. The lowest BCUT2D eigenvalue weighted by Gasteiger charge is -2.24. The minimum absolute atomic E-state index is 0.0450. The molecule has 0 N–H and O–H groups in total. The summed E-state index contributed by atoms with van der Waals surface area (Å²) in [6, 6.07) is 9.65. The predicted octanol–water partition coefficient (Wildman–Crippen LogP) is 3.98. The molecule has 24 heavy (non-hydrogen) atoms. The first-order valence-electron chi connectivity index (χ1n) is 7.88. The van der Waals surface area contributed by atoms with E-state index in [1.165, 1.54) is 0 Å². The van der Waals surface area contributed by atoms with Gasteiger partial charge >= 0.3 is 0 Å². The zero-order chi connectivity index (χ0) is 16.7. The minimum Gasteiger partial charge on any atom is -0.365 e. The Labute approximate surface area is 144 Å². The standard InChI is InChI=1S/C17H17ClN4O2/c1-10(2)16-19-17(24-21-16)14-7-13-9-23-15(8-22(13)20-14)11-3-5-12(18)6-4-11/h3-7,10,15H,8-9H2,1-2H3/t15-/m1/s1. The van der Waals surface area contributed by atoms with Crippen molar-refractivity contribution in [1.29, 1.82) is 0 Å². The van der Waals surface area contributed by atoms with Crippen molar-refractivity contribution in [2.75, 3.05) is 0 Å². The third kappa shape index (κ3) is 2.83. The van der Waals surface area contributed by atoms with Gasteiger partial charge in [-0.05, 0) is 23.8 Å². The molecule has 7 heteroatoms. The molecule has 4 rings (SSSR count). The van der Waals surface area contributed by atoms with E-state index in [2.05, 4.69) is 15.2 Å². The number of halogens is 1. The highest BCUT2D eigenvalue weighted by Gasteiger charge is 2.24. The van der Waals surface area contributed by atoms with Crippen molar-refractivity contribution in [2.24, 2.45) is 0 Å². The first-order chi connectivity index (χ1) is 11.6. The maximum absolute atomic E-state index is 5.95. The molecule has 0 aliphatic carbocycles. The second-order valence-electron chi connectivity index (χ2n) is 6.17. The molecule has 0 spiro atoms. The topological polar surface area (TPSA) is 66.0 Å². The van der Waals surface area contributed by atoms with E-state index < -0.39 is 0 Å². The van der Waals surface area contributed by atoms with Gasteiger partial charge in [0.05, 0.1) is 18.8 Å². The molecule has 1 aliphatic rings. The first-order valence-corrected chi connectivity index (χ1v) is 8.25. The summed E-state index contributed by atoms with van der Waals surface area (Å²) in [5.74, 6) is 1.35. The van der Waals surface area contributed by atoms with Crippen LogP contribution in [0.5, 0.6) is 0 Å². The van der Waals surface area contributed by atoms with E-state index >= 15 is 0 Å². The Morgan fingerprint density at radius 2 is 2.04 bits per heavy atom. The number of ether oxygens (including phenoxy) is 1. The second-order valence-corrected chi connectivity index (χ2v) is 6.60. The van der Waals surface area contributed by atoms with E-state index in [9.17, 15) is 0 Å². The summed E-state index contributed by atoms with van der Waals surface area (Å²) in [7, 11) is 0. The molecule has 0 saturated heterocycles. The van der Waals surface area contributed by atoms with E-state index in [1.54, 1.807) is 0 Å². The molecule has 6 nitrogen and oxygen atoms in total. The summed E-state index contributed by atoms with van der Waals surface area (Å²) >= 11 is 5.95. The van der Waals surface area contributed by atoms with E-state index in [4.69, 9.17) is 20.9 Å². The fourth-order valence-electron chi connectivity index (χ4n) is 2.68. The van der Waals surface area contributed by atoms with Crippen LogP contribution < -0.4 is 0 Å². The van der Waals surface area contributed by atoms with Gasteiger partial charge in [0.25, 0.3) is 5.89 Å². The lowest BCUT2D eigenvalue weighted by Crippen LogP contribution is -2.21. The van der Waals surface area contributed by atoms with Crippen LogP contribution in [0.25, 0.3) is 11.6 Å². The molecule has 1 aromatic carbocycles. The Balaban J connectivity index is 1.58. The number of benzene rings is 1. The molecule has 1 aliphatic heterocycles. The van der Waals surface area contributed by atoms with Crippen LogP contribution in [0, 0.1) is 0 Å². The molecule has 0 radical (unpaired) electrons. The van der Waals surface area contributed by atoms with Crippen LogP contribution in [-0.4, -0.2) is 19.9 Å². The summed E-state index contributed by atoms with van der Waals surface area (Å²) in [4.78, 5) is 4.40. The SMILES string of the molecule is CC(C)c1noc(-c2cc3n(n2)C[C@H](c2ccc(Cl)cc2)OC3)n1. The number of nitrogens with zero attached hydrogens (tertiary/aromatic N) is 4. The molecule has 3 heterocycles. The molecule has 0 amide bonds. The molecule has 0 saturated carbocycles. The van der Waals surface area contributed by atoms with Gasteiger partial charge in [0, 0.05) is 10.9 Å². The average Bonchev–Trinajstić information content (AvgIpc) is 3.21. The average molecular weight is 345 g/mol. The van der Waals surface area contributed by atoms with E-state index in [0.29, 0.717) is 35.6 Å². The smallest absolute Gasteiger partial charge is 0.278 e. The van der Waals surface area contributed by atoms with Gasteiger partial charge in [-0.15, -0.1) is 0 Å². The lowest BCUT2D eigenvalue weighted by molar-refractivity contribution is -0.00112. The van der Waals surface area contributed by atoms with Gasteiger partial charge in [-0.25, -0.2) is 0 Å². The number of hydrogen-bond acceptors (Lipinski definition) is 5. The fourth-order valence-corrected chi connectivity index (χ4v) is 2.81. The highest BCUT2D eigenvalue weighted by molar-refractivity contribution is 6.30. The van der Waals surface area contributed by atoms with Crippen LogP contribution in [0.1, 0.15) is 43.0 Å². The Hall–Kier alpha value is -2.18. The Morgan fingerprint density at radius 1 is 1.25 bits per heavy atom. The van der Waals surface area contributed by atoms with Crippen molar-refractivity contribution in [3.63, 3.8) is 0 Å². The van der Waals surface area contributed by atoms with Crippen LogP contribution in [0.15, 0.2) is 34.9 Å². The van der Waals surface area contributed by atoms with Gasteiger partial charge in [-0.2, -0.15) is 10.1 Å². The predicted molar refractivity (Wildman–Crippen MR) is 88.6 cm³/mol. The van der Waals surface area contributed by atoms with Crippen LogP contribution in [0.4, 0.5) is 0 Å².